The minimum Gasteiger partial charge on any atom is -1.00 e. The van der Waals surface area contributed by atoms with Crippen LogP contribution >= 0.6 is 0 Å². The lowest BCUT2D eigenvalue weighted by atomic mass is 10.0. The molecule has 32 heavy (non-hydrogen) atoms. The summed E-state index contributed by atoms with van der Waals surface area (Å²) in [4.78, 5) is 4.71. The molecular weight excluding hydrogens is 416 g/mol. The van der Waals surface area contributed by atoms with Gasteiger partial charge in [-0.1, -0.05) is 96.8 Å². The van der Waals surface area contributed by atoms with Crippen molar-refractivity contribution >= 4 is 0 Å². The van der Waals surface area contributed by atoms with Crippen LogP contribution in [0.1, 0.15) is 121 Å². The minimum absolute atomic E-state index is 0. The van der Waals surface area contributed by atoms with Crippen LogP contribution < -0.4 is 17.1 Å². The molecule has 1 rings (SSSR count). The SMILES string of the molecule is CCCCCCCCCCCCCCCCCC[N+](C)(C)Cc1ccc(OC)c(C)n1.[Cl-]. The van der Waals surface area contributed by atoms with E-state index in [1.807, 2.05) is 13.0 Å². The molecule has 0 amide bonds. The highest BCUT2D eigenvalue weighted by Crippen LogP contribution is 2.18. The normalized spacial score (nSPS) is 11.4. The maximum absolute atomic E-state index is 5.33. The molecule has 1 aromatic rings. The predicted molar refractivity (Wildman–Crippen MR) is 136 cm³/mol. The van der Waals surface area contributed by atoms with Gasteiger partial charge in [0.15, 0.2) is 0 Å². The number of ether oxygens (including phenoxy) is 1. The molecule has 0 saturated carbocycles. The number of quaternary nitrogens is 1. The van der Waals surface area contributed by atoms with Crippen molar-refractivity contribution < 1.29 is 21.6 Å². The summed E-state index contributed by atoms with van der Waals surface area (Å²) < 4.78 is 6.34. The second-order valence-corrected chi connectivity index (χ2v) is 10.2. The summed E-state index contributed by atoms with van der Waals surface area (Å²) in [5.74, 6) is 0.881. The maximum Gasteiger partial charge on any atom is 0.140 e. The van der Waals surface area contributed by atoms with Gasteiger partial charge in [0.1, 0.15) is 12.3 Å². The van der Waals surface area contributed by atoms with Crippen molar-refractivity contribution in [1.29, 1.82) is 0 Å². The molecule has 0 bridgehead atoms. The average molecular weight is 469 g/mol. The van der Waals surface area contributed by atoms with Crippen molar-refractivity contribution in [3.63, 3.8) is 0 Å². The first kappa shape index (κ1) is 31.2. The Labute approximate surface area is 206 Å². The van der Waals surface area contributed by atoms with Crippen LogP contribution in [-0.2, 0) is 6.54 Å². The zero-order chi connectivity index (χ0) is 22.8. The summed E-state index contributed by atoms with van der Waals surface area (Å²) in [7, 11) is 6.36. The van der Waals surface area contributed by atoms with E-state index in [-0.39, 0.29) is 12.4 Å². The van der Waals surface area contributed by atoms with E-state index < -0.39 is 0 Å². The summed E-state index contributed by atoms with van der Waals surface area (Å²) >= 11 is 0. The fourth-order valence-electron chi connectivity index (χ4n) is 4.51. The van der Waals surface area contributed by atoms with Crippen molar-refractivity contribution in [2.45, 2.75) is 123 Å². The van der Waals surface area contributed by atoms with E-state index >= 15 is 0 Å². The van der Waals surface area contributed by atoms with Gasteiger partial charge >= 0.3 is 0 Å². The molecule has 0 spiro atoms. The molecule has 0 aromatic carbocycles. The van der Waals surface area contributed by atoms with Crippen LogP contribution in [0.3, 0.4) is 0 Å². The highest BCUT2D eigenvalue weighted by Gasteiger charge is 2.17. The molecule has 0 aliphatic rings. The largest absolute Gasteiger partial charge is 1.00 e. The Kier molecular flexibility index (Phi) is 19.2. The molecule has 0 saturated heterocycles. The number of rotatable bonds is 20. The molecule has 0 fully saturated rings. The van der Waals surface area contributed by atoms with Crippen LogP contribution in [0.4, 0.5) is 0 Å². The van der Waals surface area contributed by atoms with E-state index in [9.17, 15) is 0 Å². The van der Waals surface area contributed by atoms with Crippen LogP contribution in [0.25, 0.3) is 0 Å². The third-order valence-corrected chi connectivity index (χ3v) is 6.52. The van der Waals surface area contributed by atoms with Crippen LogP contribution in [0, 0.1) is 6.92 Å². The highest BCUT2D eigenvalue weighted by atomic mass is 35.5. The van der Waals surface area contributed by atoms with Crippen LogP contribution in [0.5, 0.6) is 5.75 Å². The van der Waals surface area contributed by atoms with Gasteiger partial charge in [-0.3, -0.25) is 0 Å². The second-order valence-electron chi connectivity index (χ2n) is 10.2. The monoisotopic (exact) mass is 468 g/mol. The minimum atomic E-state index is 0. The lowest BCUT2D eigenvalue weighted by Gasteiger charge is -2.29. The van der Waals surface area contributed by atoms with Gasteiger partial charge in [-0.25, -0.2) is 4.98 Å². The Morgan fingerprint density at radius 2 is 1.16 bits per heavy atom. The Balaban J connectivity index is 0.00000961. The highest BCUT2D eigenvalue weighted by molar-refractivity contribution is 5.27. The van der Waals surface area contributed by atoms with Crippen LogP contribution in [0.15, 0.2) is 12.1 Å². The van der Waals surface area contributed by atoms with Crippen molar-refractivity contribution in [2.75, 3.05) is 27.7 Å². The van der Waals surface area contributed by atoms with E-state index in [2.05, 4.69) is 27.1 Å². The standard InChI is InChI=1S/C28H53N2O.ClH/c1-6-7-8-9-10-11-12-13-14-15-16-17-18-19-20-21-24-30(3,4)25-27-22-23-28(31-5)26(2)29-27;/h22-23H,6-21,24-25H2,1-5H3;1H/q+1;/p-1. The summed E-state index contributed by atoms with van der Waals surface area (Å²) in [6, 6.07) is 4.16. The lowest BCUT2D eigenvalue weighted by Crippen LogP contribution is -3.00. The third-order valence-electron chi connectivity index (χ3n) is 6.52. The number of halogens is 1. The molecule has 1 aromatic heterocycles. The van der Waals surface area contributed by atoms with Crippen LogP contribution in [-0.4, -0.2) is 37.2 Å². The number of pyridine rings is 1. The van der Waals surface area contributed by atoms with Gasteiger partial charge in [-0.15, -0.1) is 0 Å². The fraction of sp³-hybridized carbons (Fsp3) is 0.821. The molecule has 0 aliphatic carbocycles. The molecule has 0 radical (unpaired) electrons. The molecule has 188 valence electrons. The van der Waals surface area contributed by atoms with Gasteiger partial charge < -0.3 is 21.6 Å². The first-order chi connectivity index (χ1) is 15.0. The van der Waals surface area contributed by atoms with E-state index in [0.717, 1.165) is 22.5 Å². The van der Waals surface area contributed by atoms with Gasteiger partial charge in [-0.05, 0) is 31.9 Å². The van der Waals surface area contributed by atoms with E-state index in [1.54, 1.807) is 7.11 Å². The third kappa shape index (κ3) is 15.9. The number of nitrogens with zero attached hydrogens (tertiary/aromatic N) is 2. The topological polar surface area (TPSA) is 22.1 Å². The Morgan fingerprint density at radius 3 is 1.56 bits per heavy atom. The number of hydrogen-bond acceptors (Lipinski definition) is 2. The second kappa shape index (κ2) is 19.6. The molecule has 0 aliphatic heterocycles. The first-order valence-electron chi connectivity index (χ1n) is 13.3. The number of unbranched alkanes of at least 4 members (excludes halogenated alkanes) is 15. The van der Waals surface area contributed by atoms with Gasteiger partial charge in [0.2, 0.25) is 0 Å². The molecule has 1 heterocycles. The lowest BCUT2D eigenvalue weighted by molar-refractivity contribution is -0.904. The van der Waals surface area contributed by atoms with E-state index in [1.165, 1.54) is 115 Å². The summed E-state index contributed by atoms with van der Waals surface area (Å²) in [6.45, 7) is 6.54. The molecule has 0 N–H and O–H groups in total. The Hall–Kier alpha value is -0.800. The zero-order valence-corrected chi connectivity index (χ0v) is 22.8. The fourth-order valence-corrected chi connectivity index (χ4v) is 4.51. The van der Waals surface area contributed by atoms with E-state index in [4.69, 9.17) is 9.72 Å². The first-order valence-corrected chi connectivity index (χ1v) is 13.3. The van der Waals surface area contributed by atoms with Gasteiger partial charge in [-0.2, -0.15) is 0 Å². The molecule has 0 unspecified atom stereocenters. The number of aryl methyl sites for hydroxylation is 1. The predicted octanol–water partition coefficient (Wildman–Crippen LogP) is 5.24. The Bertz CT molecular complexity index is 562. The molecular formula is C28H53ClN2O. The molecule has 3 nitrogen and oxygen atoms in total. The zero-order valence-electron chi connectivity index (χ0n) is 22.1. The van der Waals surface area contributed by atoms with Crippen molar-refractivity contribution in [3.8, 4) is 5.75 Å². The number of methoxy groups -OCH3 is 1. The number of hydrogen-bond donors (Lipinski definition) is 0. The summed E-state index contributed by atoms with van der Waals surface area (Å²) in [5, 5.41) is 0. The van der Waals surface area contributed by atoms with Crippen molar-refractivity contribution in [1.82, 2.24) is 4.98 Å². The quantitative estimate of drug-likeness (QED) is 0.193. The molecule has 0 atom stereocenters. The summed E-state index contributed by atoms with van der Waals surface area (Å²) in [6.07, 6.45) is 22.9. The smallest absolute Gasteiger partial charge is 0.140 e. The number of aromatic nitrogens is 1. The van der Waals surface area contributed by atoms with E-state index in [0.29, 0.717) is 0 Å². The Morgan fingerprint density at radius 1 is 0.719 bits per heavy atom. The van der Waals surface area contributed by atoms with Crippen molar-refractivity contribution in [2.24, 2.45) is 0 Å². The maximum atomic E-state index is 5.33. The molecule has 4 heteroatoms. The van der Waals surface area contributed by atoms with Gasteiger partial charge in [0.05, 0.1) is 39.1 Å². The van der Waals surface area contributed by atoms with Gasteiger partial charge in [0, 0.05) is 0 Å². The van der Waals surface area contributed by atoms with Gasteiger partial charge in [0.25, 0.3) is 0 Å². The summed E-state index contributed by atoms with van der Waals surface area (Å²) in [5.41, 5.74) is 2.15. The van der Waals surface area contributed by atoms with Crippen molar-refractivity contribution in [3.05, 3.63) is 23.5 Å². The average Bonchev–Trinajstić information content (AvgIpc) is 2.73. The van der Waals surface area contributed by atoms with Crippen LogP contribution in [0.2, 0.25) is 0 Å².